The van der Waals surface area contributed by atoms with E-state index in [9.17, 15) is 18.8 Å². The number of amides is 2. The maximum atomic E-state index is 13.1. The van der Waals surface area contributed by atoms with Gasteiger partial charge in [0, 0.05) is 12.7 Å². The molecule has 10 heteroatoms. The van der Waals surface area contributed by atoms with Crippen molar-refractivity contribution in [2.75, 3.05) is 24.7 Å². The first-order valence-corrected chi connectivity index (χ1v) is 11.3. The second-order valence-corrected chi connectivity index (χ2v) is 8.42. The zero-order valence-electron chi connectivity index (χ0n) is 18.2. The van der Waals surface area contributed by atoms with Crippen molar-refractivity contribution in [3.63, 3.8) is 0 Å². The molecule has 174 valence electrons. The summed E-state index contributed by atoms with van der Waals surface area (Å²) in [5.41, 5.74) is 0.734. The van der Waals surface area contributed by atoms with Crippen LogP contribution in [0.2, 0.25) is 0 Å². The van der Waals surface area contributed by atoms with Gasteiger partial charge in [-0.15, -0.1) is 0 Å². The molecule has 0 atom stereocenters. The first-order valence-electron chi connectivity index (χ1n) is 10.3. The van der Waals surface area contributed by atoms with Crippen LogP contribution in [0.5, 0.6) is 0 Å². The number of likely N-dealkylation sites (N-methyl/N-ethyl adjacent to an activating group) is 1. The number of para-hydroxylation sites is 1. The summed E-state index contributed by atoms with van der Waals surface area (Å²) in [6.45, 7) is -0.00275. The normalized spacial score (nSPS) is 10.9. The molecule has 0 radical (unpaired) electrons. The van der Waals surface area contributed by atoms with Crippen LogP contribution in [0.4, 0.5) is 10.1 Å². The molecule has 0 spiro atoms. The third-order valence-electron chi connectivity index (χ3n) is 4.98. The number of nitrogens with one attached hydrogen (secondary N) is 1. The van der Waals surface area contributed by atoms with E-state index in [0.717, 1.165) is 11.8 Å². The van der Waals surface area contributed by atoms with Crippen molar-refractivity contribution in [3.8, 4) is 0 Å². The molecule has 4 aromatic rings. The third kappa shape index (κ3) is 5.52. The average molecular weight is 481 g/mol. The van der Waals surface area contributed by atoms with E-state index in [4.69, 9.17) is 4.42 Å². The Morgan fingerprint density at radius 1 is 1.12 bits per heavy atom. The fraction of sp³-hybridized carbons (Fsp3) is 0.167. The van der Waals surface area contributed by atoms with Gasteiger partial charge in [0.25, 0.3) is 5.56 Å². The number of hydrogen-bond donors (Lipinski definition) is 1. The number of thioether (sulfide) groups is 1. The molecule has 0 saturated heterocycles. The van der Waals surface area contributed by atoms with E-state index in [1.54, 1.807) is 36.4 Å². The quantitative estimate of drug-likeness (QED) is 0.307. The topological polar surface area (TPSA) is 97.4 Å². The molecule has 2 heterocycles. The van der Waals surface area contributed by atoms with Gasteiger partial charge < -0.3 is 14.6 Å². The van der Waals surface area contributed by atoms with Gasteiger partial charge in [-0.3, -0.25) is 19.0 Å². The summed E-state index contributed by atoms with van der Waals surface area (Å²) in [7, 11) is 1.51. The van der Waals surface area contributed by atoms with Gasteiger partial charge in [-0.2, -0.15) is 0 Å². The molecule has 4 rings (SSSR count). The highest BCUT2D eigenvalue weighted by atomic mass is 32.2. The highest BCUT2D eigenvalue weighted by Crippen LogP contribution is 2.19. The summed E-state index contributed by atoms with van der Waals surface area (Å²) in [5, 5.41) is 3.46. The van der Waals surface area contributed by atoms with Crippen molar-refractivity contribution in [2.24, 2.45) is 0 Å². The number of nitrogens with zero attached hydrogens (tertiary/aromatic N) is 3. The molecule has 0 aliphatic carbocycles. The highest BCUT2D eigenvalue weighted by molar-refractivity contribution is 7.99. The minimum Gasteiger partial charge on any atom is -0.467 e. The minimum absolute atomic E-state index is 0.0245. The lowest BCUT2D eigenvalue weighted by Crippen LogP contribution is -2.36. The van der Waals surface area contributed by atoms with Crippen LogP contribution < -0.4 is 10.9 Å². The van der Waals surface area contributed by atoms with Crippen molar-refractivity contribution < 1.29 is 18.4 Å². The number of anilines is 1. The van der Waals surface area contributed by atoms with Gasteiger partial charge >= 0.3 is 0 Å². The van der Waals surface area contributed by atoms with E-state index in [-0.39, 0.29) is 30.3 Å². The number of carbonyl (C=O) groups excluding carboxylic acids is 2. The Hall–Kier alpha value is -3.92. The van der Waals surface area contributed by atoms with E-state index in [1.165, 1.54) is 47.0 Å². The third-order valence-corrected chi connectivity index (χ3v) is 5.94. The standard InChI is InChI=1S/C24H21FN4O4S/c1-28(14-21(30)26-17-10-8-16(25)9-11-17)22(31)15-34-24-27-20-7-3-2-6-19(20)23(32)29(24)13-18-5-4-12-33-18/h2-12H,13-15H2,1H3,(H,26,30). The van der Waals surface area contributed by atoms with Crippen LogP contribution in [0.15, 0.2) is 81.3 Å². The van der Waals surface area contributed by atoms with Crippen LogP contribution >= 0.6 is 11.8 Å². The number of fused-ring (bicyclic) bond motifs is 1. The van der Waals surface area contributed by atoms with Gasteiger partial charge in [-0.25, -0.2) is 9.37 Å². The number of halogens is 1. The van der Waals surface area contributed by atoms with Crippen LogP contribution in [0.25, 0.3) is 10.9 Å². The van der Waals surface area contributed by atoms with Crippen molar-refractivity contribution in [3.05, 3.63) is 88.9 Å². The van der Waals surface area contributed by atoms with Crippen molar-refractivity contribution in [1.82, 2.24) is 14.5 Å². The summed E-state index contributed by atoms with van der Waals surface area (Å²) < 4.78 is 19.9. The molecular weight excluding hydrogens is 459 g/mol. The SMILES string of the molecule is CN(CC(=O)Nc1ccc(F)cc1)C(=O)CSc1nc2ccccc2c(=O)n1Cc1ccco1. The van der Waals surface area contributed by atoms with Crippen molar-refractivity contribution in [1.29, 1.82) is 0 Å². The largest absolute Gasteiger partial charge is 0.467 e. The van der Waals surface area contributed by atoms with E-state index in [2.05, 4.69) is 10.3 Å². The number of carbonyl (C=O) groups is 2. The fourth-order valence-electron chi connectivity index (χ4n) is 3.23. The number of hydrogen-bond acceptors (Lipinski definition) is 6. The molecule has 34 heavy (non-hydrogen) atoms. The molecule has 2 amide bonds. The summed E-state index contributed by atoms with van der Waals surface area (Å²) in [4.78, 5) is 43.8. The smallest absolute Gasteiger partial charge is 0.262 e. The van der Waals surface area contributed by atoms with Gasteiger partial charge in [0.1, 0.15) is 11.6 Å². The van der Waals surface area contributed by atoms with Crippen molar-refractivity contribution >= 4 is 40.2 Å². The predicted octanol–water partition coefficient (Wildman–Crippen LogP) is 3.37. The Morgan fingerprint density at radius 3 is 2.62 bits per heavy atom. The molecule has 0 bridgehead atoms. The maximum absolute atomic E-state index is 13.1. The lowest BCUT2D eigenvalue weighted by Gasteiger charge is -2.17. The lowest BCUT2D eigenvalue weighted by molar-refractivity contribution is -0.131. The monoisotopic (exact) mass is 480 g/mol. The zero-order valence-corrected chi connectivity index (χ0v) is 19.0. The number of aromatic nitrogens is 2. The second kappa shape index (κ2) is 10.3. The Kier molecular flexibility index (Phi) is 7.07. The Balaban J connectivity index is 1.45. The van der Waals surface area contributed by atoms with E-state index >= 15 is 0 Å². The Bertz CT molecular complexity index is 1370. The second-order valence-electron chi connectivity index (χ2n) is 7.48. The Labute approximate surface area is 198 Å². The molecule has 8 nitrogen and oxygen atoms in total. The van der Waals surface area contributed by atoms with Gasteiger partial charge in [0.15, 0.2) is 5.16 Å². The van der Waals surface area contributed by atoms with Crippen LogP contribution in [0, 0.1) is 5.82 Å². The van der Waals surface area contributed by atoms with E-state index in [1.807, 2.05) is 0 Å². The highest BCUT2D eigenvalue weighted by Gasteiger charge is 2.17. The van der Waals surface area contributed by atoms with E-state index in [0.29, 0.717) is 27.5 Å². The molecule has 0 unspecified atom stereocenters. The molecule has 0 fully saturated rings. The molecule has 2 aromatic carbocycles. The van der Waals surface area contributed by atoms with Crippen LogP contribution in [-0.2, 0) is 16.1 Å². The summed E-state index contributed by atoms with van der Waals surface area (Å²) in [6, 6.07) is 15.8. The van der Waals surface area contributed by atoms with Gasteiger partial charge in [0.2, 0.25) is 11.8 Å². The fourth-order valence-corrected chi connectivity index (χ4v) is 4.17. The molecule has 1 N–H and O–H groups in total. The van der Waals surface area contributed by atoms with Crippen LogP contribution in [0.3, 0.4) is 0 Å². The number of furan rings is 1. The number of benzene rings is 2. The summed E-state index contributed by atoms with van der Waals surface area (Å²) in [6.07, 6.45) is 1.52. The van der Waals surface area contributed by atoms with Crippen molar-refractivity contribution in [2.45, 2.75) is 11.7 Å². The predicted molar refractivity (Wildman–Crippen MR) is 127 cm³/mol. The zero-order chi connectivity index (χ0) is 24.1. The summed E-state index contributed by atoms with van der Waals surface area (Å²) in [5.74, 6) is -0.571. The van der Waals surface area contributed by atoms with Gasteiger partial charge in [-0.05, 0) is 48.5 Å². The molecule has 0 aliphatic rings. The van der Waals surface area contributed by atoms with Gasteiger partial charge in [-0.1, -0.05) is 23.9 Å². The van der Waals surface area contributed by atoms with Crippen LogP contribution in [-0.4, -0.2) is 45.6 Å². The molecule has 0 saturated carbocycles. The molecular formula is C24H21FN4O4S. The summed E-state index contributed by atoms with van der Waals surface area (Å²) >= 11 is 1.11. The maximum Gasteiger partial charge on any atom is 0.262 e. The average Bonchev–Trinajstić information content (AvgIpc) is 3.34. The minimum atomic E-state index is -0.411. The number of rotatable bonds is 8. The van der Waals surface area contributed by atoms with Gasteiger partial charge in [0.05, 0.1) is 36.0 Å². The first kappa shape index (κ1) is 23.2. The van der Waals surface area contributed by atoms with Crippen LogP contribution in [0.1, 0.15) is 5.76 Å². The lowest BCUT2D eigenvalue weighted by atomic mass is 10.2. The molecule has 0 aliphatic heterocycles. The Morgan fingerprint density at radius 2 is 1.88 bits per heavy atom. The first-order chi connectivity index (χ1) is 16.4. The van der Waals surface area contributed by atoms with E-state index < -0.39 is 11.7 Å². The molecule has 2 aromatic heterocycles.